The van der Waals surface area contributed by atoms with Crippen LogP contribution in [0.5, 0.6) is 5.75 Å². The maximum absolute atomic E-state index is 12.9. The quantitative estimate of drug-likeness (QED) is 0.777. The minimum absolute atomic E-state index is 0.112. The number of rotatable bonds is 5. The number of hydrogen-bond donors (Lipinski definition) is 1. The molecule has 0 spiro atoms. The van der Waals surface area contributed by atoms with E-state index in [-0.39, 0.29) is 29.8 Å². The van der Waals surface area contributed by atoms with Crippen molar-refractivity contribution in [2.45, 2.75) is 6.54 Å². The first-order valence-electron chi connectivity index (χ1n) is 6.76. The number of ether oxygens (including phenoxy) is 1. The van der Waals surface area contributed by atoms with E-state index < -0.39 is 5.82 Å². The van der Waals surface area contributed by atoms with Gasteiger partial charge in [0.25, 0.3) is 5.91 Å². The van der Waals surface area contributed by atoms with Crippen LogP contribution in [0.25, 0.3) is 5.65 Å². The minimum atomic E-state index is -0.467. The summed E-state index contributed by atoms with van der Waals surface area (Å²) >= 11 is 5.82. The van der Waals surface area contributed by atoms with Crippen molar-refractivity contribution in [3.63, 3.8) is 0 Å². The van der Waals surface area contributed by atoms with Gasteiger partial charge in [-0.1, -0.05) is 17.7 Å². The SMILES string of the molecule is O=C(COc1ccc(F)cc1Cl)NCc1nnc2ccccn12. The van der Waals surface area contributed by atoms with Gasteiger partial charge in [-0.2, -0.15) is 0 Å². The number of fused-ring (bicyclic) bond motifs is 1. The molecule has 0 aliphatic carbocycles. The Labute approximate surface area is 135 Å². The molecule has 2 aromatic heterocycles. The van der Waals surface area contributed by atoms with Gasteiger partial charge >= 0.3 is 0 Å². The summed E-state index contributed by atoms with van der Waals surface area (Å²) in [7, 11) is 0. The van der Waals surface area contributed by atoms with E-state index in [1.165, 1.54) is 12.1 Å². The molecule has 0 aliphatic rings. The molecule has 0 fully saturated rings. The fraction of sp³-hybridized carbons (Fsp3) is 0.133. The van der Waals surface area contributed by atoms with Crippen molar-refractivity contribution in [2.24, 2.45) is 0 Å². The lowest BCUT2D eigenvalue weighted by atomic mass is 10.3. The van der Waals surface area contributed by atoms with Crippen LogP contribution in [0.15, 0.2) is 42.6 Å². The van der Waals surface area contributed by atoms with Gasteiger partial charge in [0, 0.05) is 6.20 Å². The Morgan fingerprint density at radius 3 is 3.00 bits per heavy atom. The van der Waals surface area contributed by atoms with E-state index in [4.69, 9.17) is 16.3 Å². The molecular weight excluding hydrogens is 323 g/mol. The smallest absolute Gasteiger partial charge is 0.258 e. The average molecular weight is 335 g/mol. The predicted octanol–water partition coefficient (Wildman–Crippen LogP) is 2.22. The number of carbonyl (C=O) groups excluding carboxylic acids is 1. The lowest BCUT2D eigenvalue weighted by Gasteiger charge is -2.08. The molecule has 6 nitrogen and oxygen atoms in total. The van der Waals surface area contributed by atoms with E-state index in [0.717, 1.165) is 6.07 Å². The molecule has 8 heteroatoms. The van der Waals surface area contributed by atoms with Gasteiger partial charge in [0.1, 0.15) is 11.6 Å². The first-order chi connectivity index (χ1) is 11.1. The van der Waals surface area contributed by atoms with Crippen LogP contribution in [0.1, 0.15) is 5.82 Å². The van der Waals surface area contributed by atoms with Crippen LogP contribution < -0.4 is 10.1 Å². The van der Waals surface area contributed by atoms with Crippen LogP contribution in [-0.2, 0) is 11.3 Å². The van der Waals surface area contributed by atoms with E-state index in [0.29, 0.717) is 11.5 Å². The zero-order valence-electron chi connectivity index (χ0n) is 11.9. The Kier molecular flexibility index (Phi) is 4.38. The first-order valence-corrected chi connectivity index (χ1v) is 7.14. The Bertz CT molecular complexity index is 852. The van der Waals surface area contributed by atoms with Crippen molar-refractivity contribution in [1.82, 2.24) is 19.9 Å². The van der Waals surface area contributed by atoms with Gasteiger partial charge in [-0.3, -0.25) is 9.20 Å². The van der Waals surface area contributed by atoms with Crippen molar-refractivity contribution in [3.8, 4) is 5.75 Å². The molecule has 2 heterocycles. The van der Waals surface area contributed by atoms with E-state index in [9.17, 15) is 9.18 Å². The fourth-order valence-corrected chi connectivity index (χ4v) is 2.20. The third-order valence-corrected chi connectivity index (χ3v) is 3.38. The van der Waals surface area contributed by atoms with Crippen LogP contribution in [0, 0.1) is 5.82 Å². The average Bonchev–Trinajstić information content (AvgIpc) is 2.95. The molecule has 118 valence electrons. The number of nitrogens with one attached hydrogen (secondary N) is 1. The van der Waals surface area contributed by atoms with Crippen LogP contribution in [0.2, 0.25) is 5.02 Å². The van der Waals surface area contributed by atoms with Gasteiger partial charge in [-0.15, -0.1) is 10.2 Å². The molecule has 23 heavy (non-hydrogen) atoms. The minimum Gasteiger partial charge on any atom is -0.482 e. The third kappa shape index (κ3) is 3.57. The number of hydrogen-bond acceptors (Lipinski definition) is 4. The number of amides is 1. The number of carbonyl (C=O) groups is 1. The molecule has 1 aromatic carbocycles. The van der Waals surface area contributed by atoms with Gasteiger partial charge in [0.2, 0.25) is 0 Å². The van der Waals surface area contributed by atoms with E-state index in [1.807, 2.05) is 24.4 Å². The highest BCUT2D eigenvalue weighted by Crippen LogP contribution is 2.24. The summed E-state index contributed by atoms with van der Waals surface area (Å²) < 4.78 is 20.0. The second kappa shape index (κ2) is 6.62. The molecule has 0 saturated heterocycles. The zero-order chi connectivity index (χ0) is 16.2. The molecular formula is C15H12ClFN4O2. The van der Waals surface area contributed by atoms with Crippen molar-refractivity contribution in [3.05, 3.63) is 59.3 Å². The molecule has 1 N–H and O–H groups in total. The maximum atomic E-state index is 12.9. The lowest BCUT2D eigenvalue weighted by Crippen LogP contribution is -2.29. The predicted molar refractivity (Wildman–Crippen MR) is 81.7 cm³/mol. The van der Waals surface area contributed by atoms with Crippen LogP contribution in [-0.4, -0.2) is 27.1 Å². The Hall–Kier alpha value is -2.67. The standard InChI is InChI=1S/C15H12ClFN4O2/c16-11-7-10(17)4-5-12(11)23-9-15(22)18-8-14-20-19-13-3-1-2-6-21(13)14/h1-7H,8-9H2,(H,18,22). The van der Waals surface area contributed by atoms with E-state index >= 15 is 0 Å². The van der Waals surface area contributed by atoms with Crippen molar-refractivity contribution in [1.29, 1.82) is 0 Å². The molecule has 1 amide bonds. The van der Waals surface area contributed by atoms with Crippen molar-refractivity contribution in [2.75, 3.05) is 6.61 Å². The molecule has 3 rings (SSSR count). The summed E-state index contributed by atoms with van der Waals surface area (Å²) in [6, 6.07) is 9.22. The lowest BCUT2D eigenvalue weighted by molar-refractivity contribution is -0.123. The number of halogens is 2. The summed E-state index contributed by atoms with van der Waals surface area (Å²) in [6.45, 7) is -0.0212. The topological polar surface area (TPSA) is 68.5 Å². The summed E-state index contributed by atoms with van der Waals surface area (Å²) in [5, 5.41) is 10.8. The highest BCUT2D eigenvalue weighted by Gasteiger charge is 2.09. The maximum Gasteiger partial charge on any atom is 0.258 e. The van der Waals surface area contributed by atoms with E-state index in [2.05, 4.69) is 15.5 Å². The number of pyridine rings is 1. The summed E-state index contributed by atoms with van der Waals surface area (Å²) in [4.78, 5) is 11.8. The Morgan fingerprint density at radius 1 is 1.30 bits per heavy atom. The Balaban J connectivity index is 1.55. The molecule has 0 atom stereocenters. The third-order valence-electron chi connectivity index (χ3n) is 3.08. The number of benzene rings is 1. The number of nitrogens with zero attached hydrogens (tertiary/aromatic N) is 3. The molecule has 0 bridgehead atoms. The van der Waals surface area contributed by atoms with E-state index in [1.54, 1.807) is 4.40 Å². The molecule has 0 aliphatic heterocycles. The molecule has 3 aromatic rings. The van der Waals surface area contributed by atoms with Gasteiger partial charge in [0.15, 0.2) is 18.1 Å². The largest absolute Gasteiger partial charge is 0.482 e. The van der Waals surface area contributed by atoms with Crippen LogP contribution >= 0.6 is 11.6 Å². The van der Waals surface area contributed by atoms with Crippen molar-refractivity contribution >= 4 is 23.2 Å². The van der Waals surface area contributed by atoms with Crippen molar-refractivity contribution < 1.29 is 13.9 Å². The van der Waals surface area contributed by atoms with Crippen LogP contribution in [0.3, 0.4) is 0 Å². The Morgan fingerprint density at radius 2 is 2.17 bits per heavy atom. The second-order valence-electron chi connectivity index (χ2n) is 4.69. The second-order valence-corrected chi connectivity index (χ2v) is 5.09. The van der Waals surface area contributed by atoms with Gasteiger partial charge in [-0.05, 0) is 30.3 Å². The van der Waals surface area contributed by atoms with Gasteiger partial charge in [-0.25, -0.2) is 4.39 Å². The highest BCUT2D eigenvalue weighted by molar-refractivity contribution is 6.32. The number of aromatic nitrogens is 3. The summed E-state index contributed by atoms with van der Waals surface area (Å²) in [5.74, 6) is 0.0356. The molecule has 0 saturated carbocycles. The molecule has 0 unspecified atom stereocenters. The first kappa shape index (κ1) is 15.2. The fourth-order valence-electron chi connectivity index (χ4n) is 1.98. The van der Waals surface area contributed by atoms with Gasteiger partial charge in [0.05, 0.1) is 11.6 Å². The van der Waals surface area contributed by atoms with Crippen LogP contribution in [0.4, 0.5) is 4.39 Å². The highest BCUT2D eigenvalue weighted by atomic mass is 35.5. The molecule has 0 radical (unpaired) electrons. The summed E-state index contributed by atoms with van der Waals surface area (Å²) in [5.41, 5.74) is 0.700. The zero-order valence-corrected chi connectivity index (χ0v) is 12.6. The summed E-state index contributed by atoms with van der Waals surface area (Å²) in [6.07, 6.45) is 1.81. The normalized spacial score (nSPS) is 10.7. The monoisotopic (exact) mass is 334 g/mol. The van der Waals surface area contributed by atoms with Gasteiger partial charge < -0.3 is 10.1 Å².